The van der Waals surface area contributed by atoms with Crippen LogP contribution in [0, 0.1) is 12.7 Å². The fourth-order valence-electron chi connectivity index (χ4n) is 4.11. The number of benzene rings is 3. The van der Waals surface area contributed by atoms with Gasteiger partial charge in [-0.1, -0.05) is 36.4 Å². The van der Waals surface area contributed by atoms with Gasteiger partial charge in [-0.25, -0.2) is 9.18 Å². The minimum absolute atomic E-state index is 0.0206. The summed E-state index contributed by atoms with van der Waals surface area (Å²) in [6.07, 6.45) is 1.45. The zero-order valence-electron chi connectivity index (χ0n) is 18.7. The molecule has 8 nitrogen and oxygen atoms in total. The number of anilines is 1. The van der Waals surface area contributed by atoms with Gasteiger partial charge in [-0.05, 0) is 43.3 Å². The molecular formula is C26H20FN5O3. The molecule has 0 radical (unpaired) electrons. The molecular weight excluding hydrogens is 449 g/mol. The number of nitrogens with zero attached hydrogens (tertiary/aromatic N) is 3. The molecule has 0 atom stereocenters. The molecule has 5 aromatic rings. The molecule has 0 unspecified atom stereocenters. The Morgan fingerprint density at radius 3 is 2.57 bits per heavy atom. The number of para-hydroxylation sites is 2. The highest BCUT2D eigenvalue weighted by atomic mass is 19.1. The van der Waals surface area contributed by atoms with E-state index in [4.69, 9.17) is 0 Å². The predicted molar refractivity (Wildman–Crippen MR) is 134 cm³/mol. The minimum atomic E-state index is -0.652. The van der Waals surface area contributed by atoms with Crippen LogP contribution in [0.2, 0.25) is 0 Å². The highest BCUT2D eigenvalue weighted by molar-refractivity contribution is 6.02. The SMILES string of the molecule is Cc1c(C=Nn2c(=O)[nH]c3ccccc3c2=O)c2ccccc2n1CC(=O)Nc1cccc(F)c1. The molecule has 0 aliphatic carbocycles. The van der Waals surface area contributed by atoms with Crippen LogP contribution in [0.4, 0.5) is 10.1 Å². The summed E-state index contributed by atoms with van der Waals surface area (Å²) in [6.45, 7) is 1.80. The van der Waals surface area contributed by atoms with Crippen LogP contribution in [-0.4, -0.2) is 26.3 Å². The van der Waals surface area contributed by atoms with E-state index in [0.29, 0.717) is 22.2 Å². The number of H-pyrrole nitrogens is 1. The smallest absolute Gasteiger partial charge is 0.335 e. The first-order valence-electron chi connectivity index (χ1n) is 10.8. The van der Waals surface area contributed by atoms with Gasteiger partial charge in [-0.15, -0.1) is 4.68 Å². The summed E-state index contributed by atoms with van der Waals surface area (Å²) in [5.41, 5.74) is 1.78. The third-order valence-corrected chi connectivity index (χ3v) is 5.78. The number of aromatic nitrogens is 3. The number of halogens is 1. The zero-order chi connectivity index (χ0) is 24.5. The summed E-state index contributed by atoms with van der Waals surface area (Å²) in [5, 5.41) is 8.03. The van der Waals surface area contributed by atoms with Gasteiger partial charge in [0.25, 0.3) is 5.56 Å². The van der Waals surface area contributed by atoms with E-state index in [1.807, 2.05) is 31.2 Å². The average molecular weight is 469 g/mol. The third-order valence-electron chi connectivity index (χ3n) is 5.78. The lowest BCUT2D eigenvalue weighted by Crippen LogP contribution is -2.32. The largest absolute Gasteiger partial charge is 0.349 e. The van der Waals surface area contributed by atoms with Gasteiger partial charge in [0.15, 0.2) is 0 Å². The molecule has 2 N–H and O–H groups in total. The summed E-state index contributed by atoms with van der Waals surface area (Å²) in [4.78, 5) is 40.7. The maximum Gasteiger partial charge on any atom is 0.349 e. The van der Waals surface area contributed by atoms with E-state index in [1.165, 1.54) is 24.4 Å². The molecule has 2 aromatic heterocycles. The lowest BCUT2D eigenvalue weighted by Gasteiger charge is -2.09. The number of aromatic amines is 1. The van der Waals surface area contributed by atoms with E-state index in [0.717, 1.165) is 21.3 Å². The van der Waals surface area contributed by atoms with Crippen molar-refractivity contribution in [3.05, 3.63) is 111 Å². The van der Waals surface area contributed by atoms with Crippen molar-refractivity contribution in [3.8, 4) is 0 Å². The maximum atomic E-state index is 13.5. The second kappa shape index (κ2) is 8.86. The predicted octanol–water partition coefficient (Wildman–Crippen LogP) is 3.61. The molecule has 174 valence electrons. The number of hydrogen-bond donors (Lipinski definition) is 2. The number of carbonyl (C=O) groups excluding carboxylic acids is 1. The topological polar surface area (TPSA) is 101 Å². The normalized spacial score (nSPS) is 11.5. The Balaban J connectivity index is 1.53. The van der Waals surface area contributed by atoms with E-state index in [1.54, 1.807) is 34.9 Å². The quantitative estimate of drug-likeness (QED) is 0.385. The van der Waals surface area contributed by atoms with Crippen molar-refractivity contribution in [2.45, 2.75) is 13.5 Å². The van der Waals surface area contributed by atoms with Crippen LogP contribution >= 0.6 is 0 Å². The van der Waals surface area contributed by atoms with Crippen molar-refractivity contribution in [2.24, 2.45) is 5.10 Å². The molecule has 0 saturated carbocycles. The standard InChI is InChI=1S/C26H20FN5O3/c1-16-21(14-28-32-25(34)20-10-2-4-11-22(20)30-26(32)35)19-9-3-5-12-23(19)31(16)15-24(33)29-18-8-6-7-17(27)13-18/h2-14H,15H2,1H3,(H,29,33)(H,30,35). The van der Waals surface area contributed by atoms with Crippen LogP contribution in [-0.2, 0) is 11.3 Å². The number of rotatable bonds is 5. The summed E-state index contributed by atoms with van der Waals surface area (Å²) in [6, 6.07) is 19.8. The average Bonchev–Trinajstić information content (AvgIpc) is 3.10. The monoisotopic (exact) mass is 469 g/mol. The van der Waals surface area contributed by atoms with E-state index >= 15 is 0 Å². The van der Waals surface area contributed by atoms with Crippen LogP contribution in [0.1, 0.15) is 11.3 Å². The first-order chi connectivity index (χ1) is 16.9. The van der Waals surface area contributed by atoms with Gasteiger partial charge in [0.1, 0.15) is 12.4 Å². The Morgan fingerprint density at radius 2 is 1.77 bits per heavy atom. The van der Waals surface area contributed by atoms with E-state index in [2.05, 4.69) is 15.4 Å². The van der Waals surface area contributed by atoms with Gasteiger partial charge in [0.2, 0.25) is 5.91 Å². The number of carbonyl (C=O) groups is 1. The fraction of sp³-hybridized carbons (Fsp3) is 0.0769. The molecule has 0 aliphatic rings. The molecule has 0 bridgehead atoms. The minimum Gasteiger partial charge on any atom is -0.335 e. The summed E-state index contributed by atoms with van der Waals surface area (Å²) < 4.78 is 16.1. The highest BCUT2D eigenvalue weighted by Crippen LogP contribution is 2.25. The summed E-state index contributed by atoms with van der Waals surface area (Å²) in [7, 11) is 0. The van der Waals surface area contributed by atoms with Gasteiger partial charge >= 0.3 is 5.69 Å². The van der Waals surface area contributed by atoms with Crippen molar-refractivity contribution in [2.75, 3.05) is 5.32 Å². The van der Waals surface area contributed by atoms with Gasteiger partial charge < -0.3 is 14.9 Å². The lowest BCUT2D eigenvalue weighted by atomic mass is 10.1. The van der Waals surface area contributed by atoms with Crippen molar-refractivity contribution >= 4 is 39.6 Å². The summed E-state index contributed by atoms with van der Waals surface area (Å²) in [5.74, 6) is -0.770. The van der Waals surface area contributed by atoms with Gasteiger partial charge in [0, 0.05) is 27.8 Å². The van der Waals surface area contributed by atoms with Crippen molar-refractivity contribution < 1.29 is 9.18 Å². The Bertz CT molecular complexity index is 1750. The first kappa shape index (κ1) is 22.0. The van der Waals surface area contributed by atoms with E-state index in [-0.39, 0.29) is 12.5 Å². The second-order valence-electron chi connectivity index (χ2n) is 8.00. The molecule has 0 saturated heterocycles. The van der Waals surface area contributed by atoms with Crippen LogP contribution in [0.25, 0.3) is 21.8 Å². The van der Waals surface area contributed by atoms with Gasteiger partial charge in [0.05, 0.1) is 17.1 Å². The van der Waals surface area contributed by atoms with E-state index < -0.39 is 17.1 Å². The number of amides is 1. The molecule has 35 heavy (non-hydrogen) atoms. The molecule has 2 heterocycles. The van der Waals surface area contributed by atoms with Gasteiger partial charge in [-0.3, -0.25) is 9.59 Å². The van der Waals surface area contributed by atoms with Crippen LogP contribution in [0.3, 0.4) is 0 Å². The second-order valence-corrected chi connectivity index (χ2v) is 8.00. The van der Waals surface area contributed by atoms with Crippen molar-refractivity contribution in [1.82, 2.24) is 14.2 Å². The third kappa shape index (κ3) is 4.15. The number of fused-ring (bicyclic) bond motifs is 2. The van der Waals surface area contributed by atoms with Crippen LogP contribution < -0.4 is 16.6 Å². The Kier molecular flexibility index (Phi) is 5.58. The zero-order valence-corrected chi connectivity index (χ0v) is 18.7. The molecule has 0 aliphatic heterocycles. The first-order valence-corrected chi connectivity index (χ1v) is 10.8. The molecule has 9 heteroatoms. The number of nitrogens with one attached hydrogen (secondary N) is 2. The van der Waals surface area contributed by atoms with Crippen LogP contribution in [0.5, 0.6) is 0 Å². The Hall–Kier alpha value is -4.79. The molecule has 5 rings (SSSR count). The Labute approximate surface area is 198 Å². The maximum absolute atomic E-state index is 13.5. The molecule has 3 aromatic carbocycles. The van der Waals surface area contributed by atoms with Gasteiger partial charge in [-0.2, -0.15) is 5.10 Å². The lowest BCUT2D eigenvalue weighted by molar-refractivity contribution is -0.116. The molecule has 0 fully saturated rings. The van der Waals surface area contributed by atoms with Crippen molar-refractivity contribution in [1.29, 1.82) is 0 Å². The van der Waals surface area contributed by atoms with Crippen molar-refractivity contribution in [3.63, 3.8) is 0 Å². The van der Waals surface area contributed by atoms with Crippen LogP contribution in [0.15, 0.2) is 87.5 Å². The number of hydrogen-bond acceptors (Lipinski definition) is 4. The Morgan fingerprint density at radius 1 is 1.03 bits per heavy atom. The van der Waals surface area contributed by atoms with E-state index in [9.17, 15) is 18.8 Å². The molecule has 1 amide bonds. The fourth-order valence-corrected chi connectivity index (χ4v) is 4.11. The highest BCUT2D eigenvalue weighted by Gasteiger charge is 2.16. The summed E-state index contributed by atoms with van der Waals surface area (Å²) >= 11 is 0. The molecule has 0 spiro atoms.